The Bertz CT molecular complexity index is 887. The molecular weight excluding hydrogens is 410 g/mol. The zero-order valence-corrected chi connectivity index (χ0v) is 15.2. The van der Waals surface area contributed by atoms with Crippen LogP contribution >= 0.6 is 27.7 Å². The molecule has 0 aliphatic rings. The highest BCUT2D eigenvalue weighted by Gasteiger charge is 2.12. The molecule has 0 radical (unpaired) electrons. The third-order valence-corrected chi connectivity index (χ3v) is 4.59. The van der Waals surface area contributed by atoms with Gasteiger partial charge in [0, 0.05) is 16.3 Å². The average molecular weight is 422 g/mol. The first-order valence-electron chi connectivity index (χ1n) is 7.22. The number of hydrogen-bond donors (Lipinski definition) is 0. The first kappa shape index (κ1) is 17.4. The van der Waals surface area contributed by atoms with Gasteiger partial charge in [0.2, 0.25) is 5.89 Å². The van der Waals surface area contributed by atoms with Crippen molar-refractivity contribution in [2.45, 2.75) is 5.22 Å². The lowest BCUT2D eigenvalue weighted by Gasteiger charge is -2.04. The van der Waals surface area contributed by atoms with E-state index in [-0.39, 0.29) is 5.69 Å². The predicted octanol–water partition coefficient (Wildman–Crippen LogP) is 4.58. The molecule has 0 amide bonds. The van der Waals surface area contributed by atoms with Crippen LogP contribution in [0.25, 0.3) is 11.5 Å². The van der Waals surface area contributed by atoms with Crippen molar-refractivity contribution in [1.29, 1.82) is 0 Å². The van der Waals surface area contributed by atoms with Crippen LogP contribution in [-0.2, 0) is 0 Å². The quantitative estimate of drug-likeness (QED) is 0.238. The summed E-state index contributed by atoms with van der Waals surface area (Å²) >= 11 is 4.80. The van der Waals surface area contributed by atoms with E-state index in [0.29, 0.717) is 29.2 Å². The highest BCUT2D eigenvalue weighted by atomic mass is 79.9. The van der Waals surface area contributed by atoms with Crippen LogP contribution in [0.2, 0.25) is 0 Å². The van der Waals surface area contributed by atoms with Crippen LogP contribution in [0.15, 0.2) is 62.6 Å². The highest BCUT2D eigenvalue weighted by Crippen LogP contribution is 2.29. The smallest absolute Gasteiger partial charge is 0.276 e. The summed E-state index contributed by atoms with van der Waals surface area (Å²) in [4.78, 5) is 10.3. The summed E-state index contributed by atoms with van der Waals surface area (Å²) in [6.07, 6.45) is 0. The SMILES string of the molecule is O=[N+]([O-])c1cccc(OCCSc2nnc(-c3ccccc3Br)o2)c1. The Labute approximate surface area is 155 Å². The van der Waals surface area contributed by atoms with E-state index < -0.39 is 4.92 Å². The van der Waals surface area contributed by atoms with Gasteiger partial charge in [0.1, 0.15) is 5.75 Å². The number of thioether (sulfide) groups is 1. The molecular formula is C16H12BrN3O4S. The summed E-state index contributed by atoms with van der Waals surface area (Å²) in [5, 5.41) is 19.2. The van der Waals surface area contributed by atoms with Crippen molar-refractivity contribution in [3.05, 3.63) is 63.1 Å². The second-order valence-electron chi connectivity index (χ2n) is 4.80. The molecule has 0 unspecified atom stereocenters. The standard InChI is InChI=1S/C16H12BrN3O4S/c17-14-7-2-1-6-13(14)15-18-19-16(24-15)25-9-8-23-12-5-3-4-11(10-12)20(21)22/h1-7,10H,8-9H2. The number of hydrogen-bond acceptors (Lipinski definition) is 7. The largest absolute Gasteiger partial charge is 0.492 e. The Morgan fingerprint density at radius 2 is 2.04 bits per heavy atom. The second-order valence-corrected chi connectivity index (χ2v) is 6.70. The number of ether oxygens (including phenoxy) is 1. The van der Waals surface area contributed by atoms with E-state index >= 15 is 0 Å². The third-order valence-electron chi connectivity index (χ3n) is 3.12. The summed E-state index contributed by atoms with van der Waals surface area (Å²) < 4.78 is 12.0. The molecule has 0 fully saturated rings. The molecule has 0 aliphatic heterocycles. The minimum absolute atomic E-state index is 0.000124. The first-order valence-corrected chi connectivity index (χ1v) is 9.00. The Hall–Kier alpha value is -2.39. The maximum atomic E-state index is 10.7. The van der Waals surface area contributed by atoms with Crippen molar-refractivity contribution < 1.29 is 14.1 Å². The van der Waals surface area contributed by atoms with Crippen molar-refractivity contribution in [1.82, 2.24) is 10.2 Å². The number of non-ortho nitro benzene ring substituents is 1. The Morgan fingerprint density at radius 1 is 1.20 bits per heavy atom. The summed E-state index contributed by atoms with van der Waals surface area (Å²) in [7, 11) is 0. The monoisotopic (exact) mass is 421 g/mol. The molecule has 7 nitrogen and oxygen atoms in total. The van der Waals surface area contributed by atoms with Crippen LogP contribution in [0.5, 0.6) is 5.75 Å². The summed E-state index contributed by atoms with van der Waals surface area (Å²) in [5.74, 6) is 1.46. The number of halogens is 1. The van der Waals surface area contributed by atoms with Crippen LogP contribution in [0.3, 0.4) is 0 Å². The fourth-order valence-electron chi connectivity index (χ4n) is 1.99. The maximum absolute atomic E-state index is 10.7. The van der Waals surface area contributed by atoms with Gasteiger partial charge in [-0.2, -0.15) is 0 Å². The summed E-state index contributed by atoms with van der Waals surface area (Å²) in [6, 6.07) is 13.7. The molecule has 0 bridgehead atoms. The molecule has 3 aromatic rings. The van der Waals surface area contributed by atoms with Crippen molar-refractivity contribution in [3.8, 4) is 17.2 Å². The van der Waals surface area contributed by atoms with Gasteiger partial charge in [0.05, 0.1) is 23.2 Å². The van der Waals surface area contributed by atoms with Gasteiger partial charge < -0.3 is 9.15 Å². The molecule has 1 aromatic heterocycles. The van der Waals surface area contributed by atoms with E-state index in [1.165, 1.54) is 23.9 Å². The number of rotatable bonds is 7. The molecule has 0 saturated carbocycles. The Balaban J connectivity index is 1.52. The minimum atomic E-state index is -0.455. The Kier molecular flexibility index (Phi) is 5.67. The molecule has 0 saturated heterocycles. The van der Waals surface area contributed by atoms with Crippen LogP contribution in [-0.4, -0.2) is 27.5 Å². The second kappa shape index (κ2) is 8.13. The molecule has 3 rings (SSSR count). The molecule has 9 heteroatoms. The van der Waals surface area contributed by atoms with E-state index in [4.69, 9.17) is 9.15 Å². The Morgan fingerprint density at radius 3 is 2.84 bits per heavy atom. The fourth-order valence-corrected chi connectivity index (χ4v) is 3.02. The minimum Gasteiger partial charge on any atom is -0.492 e. The van der Waals surface area contributed by atoms with Gasteiger partial charge in [-0.25, -0.2) is 0 Å². The topological polar surface area (TPSA) is 91.3 Å². The van der Waals surface area contributed by atoms with E-state index in [1.54, 1.807) is 12.1 Å². The van der Waals surface area contributed by atoms with E-state index in [2.05, 4.69) is 26.1 Å². The normalized spacial score (nSPS) is 10.6. The van der Waals surface area contributed by atoms with Gasteiger partial charge in [-0.1, -0.05) is 30.0 Å². The molecule has 25 heavy (non-hydrogen) atoms. The van der Waals surface area contributed by atoms with Crippen LogP contribution in [0.1, 0.15) is 0 Å². The third kappa shape index (κ3) is 4.58. The summed E-state index contributed by atoms with van der Waals surface area (Å²) in [6.45, 7) is 0.360. The van der Waals surface area contributed by atoms with Gasteiger partial charge in [-0.3, -0.25) is 10.1 Å². The highest BCUT2D eigenvalue weighted by molar-refractivity contribution is 9.10. The zero-order chi connectivity index (χ0) is 17.6. The van der Waals surface area contributed by atoms with Crippen LogP contribution in [0, 0.1) is 10.1 Å². The van der Waals surface area contributed by atoms with E-state index in [0.717, 1.165) is 10.0 Å². The lowest BCUT2D eigenvalue weighted by Crippen LogP contribution is -2.00. The van der Waals surface area contributed by atoms with Crippen molar-refractivity contribution in [3.63, 3.8) is 0 Å². The molecule has 0 aliphatic carbocycles. The number of aromatic nitrogens is 2. The van der Waals surface area contributed by atoms with E-state index in [9.17, 15) is 10.1 Å². The first-order chi connectivity index (χ1) is 12.1. The maximum Gasteiger partial charge on any atom is 0.276 e. The zero-order valence-electron chi connectivity index (χ0n) is 12.8. The fraction of sp³-hybridized carbons (Fsp3) is 0.125. The van der Waals surface area contributed by atoms with Gasteiger partial charge in [0.15, 0.2) is 0 Å². The lowest BCUT2D eigenvalue weighted by atomic mass is 10.2. The van der Waals surface area contributed by atoms with Crippen molar-refractivity contribution in [2.24, 2.45) is 0 Å². The summed E-state index contributed by atoms with van der Waals surface area (Å²) in [5.41, 5.74) is 0.829. The van der Waals surface area contributed by atoms with Gasteiger partial charge in [-0.15, -0.1) is 10.2 Å². The molecule has 128 valence electrons. The number of nitro benzene ring substituents is 1. The van der Waals surface area contributed by atoms with Gasteiger partial charge in [-0.05, 0) is 34.1 Å². The number of nitrogens with zero attached hydrogens (tertiary/aromatic N) is 3. The van der Waals surface area contributed by atoms with Gasteiger partial charge >= 0.3 is 0 Å². The molecule has 2 aromatic carbocycles. The lowest BCUT2D eigenvalue weighted by molar-refractivity contribution is -0.384. The molecule has 0 N–H and O–H groups in total. The molecule has 1 heterocycles. The molecule has 0 spiro atoms. The van der Waals surface area contributed by atoms with Crippen LogP contribution in [0.4, 0.5) is 5.69 Å². The molecule has 0 atom stereocenters. The predicted molar refractivity (Wildman–Crippen MR) is 96.7 cm³/mol. The number of nitro groups is 1. The van der Waals surface area contributed by atoms with Crippen molar-refractivity contribution >= 4 is 33.4 Å². The van der Waals surface area contributed by atoms with E-state index in [1.807, 2.05) is 24.3 Å². The average Bonchev–Trinajstić information content (AvgIpc) is 3.08. The van der Waals surface area contributed by atoms with Crippen molar-refractivity contribution in [2.75, 3.05) is 12.4 Å². The van der Waals surface area contributed by atoms with Gasteiger partial charge in [0.25, 0.3) is 10.9 Å². The van der Waals surface area contributed by atoms with Crippen LogP contribution < -0.4 is 4.74 Å². The number of benzene rings is 2.